The first-order valence-electron chi connectivity index (χ1n) is 8.35. The monoisotopic (exact) mass is 375 g/mol. The zero-order valence-electron chi connectivity index (χ0n) is 15.1. The van der Waals surface area contributed by atoms with E-state index in [1.54, 1.807) is 30.0 Å². The van der Waals surface area contributed by atoms with Crippen LogP contribution >= 0.6 is 11.3 Å². The molecule has 1 unspecified atom stereocenters. The van der Waals surface area contributed by atoms with Crippen molar-refractivity contribution in [1.82, 2.24) is 4.90 Å². The molecule has 1 heterocycles. The number of ether oxygens (including phenoxy) is 1. The third kappa shape index (κ3) is 5.26. The van der Waals surface area contributed by atoms with Crippen LogP contribution in [0, 0.1) is 11.7 Å². The summed E-state index contributed by atoms with van der Waals surface area (Å²) in [6, 6.07) is 10.2. The van der Waals surface area contributed by atoms with E-state index in [0.29, 0.717) is 13.1 Å². The van der Waals surface area contributed by atoms with E-state index in [4.69, 9.17) is 4.74 Å². The van der Waals surface area contributed by atoms with Crippen molar-refractivity contribution in [2.24, 2.45) is 5.92 Å². The Morgan fingerprint density at radius 1 is 1.23 bits per heavy atom. The number of amides is 1. The Morgan fingerprint density at radius 2 is 1.92 bits per heavy atom. The lowest BCUT2D eigenvalue weighted by molar-refractivity contribution is -0.146. The summed E-state index contributed by atoms with van der Waals surface area (Å²) in [5.41, 5.74) is 0.935. The first-order chi connectivity index (χ1) is 12.4. The third-order valence-electron chi connectivity index (χ3n) is 3.94. The number of likely N-dealkylation sites (N-methyl/N-ethyl adjacent to an activating group) is 1. The summed E-state index contributed by atoms with van der Waals surface area (Å²) in [7, 11) is 1.34. The highest BCUT2D eigenvalue weighted by atomic mass is 32.1. The maximum absolute atomic E-state index is 13.0. The normalized spacial score (nSPS) is 12.2. The second kappa shape index (κ2) is 9.29. The molecule has 1 atom stereocenters. The molecule has 0 aliphatic heterocycles. The SMILES string of the molecule is CCN(CC(C)C(=O)OC)C(=O)/C=C/c1ccc(-c2ccc(F)cc2)s1. The molecule has 0 saturated heterocycles. The summed E-state index contributed by atoms with van der Waals surface area (Å²) < 4.78 is 17.7. The van der Waals surface area contributed by atoms with E-state index in [-0.39, 0.29) is 23.6 Å². The van der Waals surface area contributed by atoms with E-state index < -0.39 is 0 Å². The van der Waals surface area contributed by atoms with Crippen LogP contribution in [0.25, 0.3) is 16.5 Å². The van der Waals surface area contributed by atoms with Crippen LogP contribution in [0.5, 0.6) is 0 Å². The van der Waals surface area contributed by atoms with Gasteiger partial charge in [-0.1, -0.05) is 19.1 Å². The topological polar surface area (TPSA) is 46.6 Å². The Hall–Kier alpha value is -2.47. The highest BCUT2D eigenvalue weighted by Gasteiger charge is 2.19. The number of carbonyl (C=O) groups excluding carboxylic acids is 2. The van der Waals surface area contributed by atoms with Crippen LogP contribution in [-0.2, 0) is 14.3 Å². The van der Waals surface area contributed by atoms with Gasteiger partial charge in [0.2, 0.25) is 5.91 Å². The van der Waals surface area contributed by atoms with Gasteiger partial charge in [-0.15, -0.1) is 11.3 Å². The Bertz CT molecular complexity index is 783. The summed E-state index contributed by atoms with van der Waals surface area (Å²) in [5.74, 6) is -1.12. The maximum atomic E-state index is 13.0. The molecular weight excluding hydrogens is 353 g/mol. The Labute approximate surface area is 156 Å². The lowest BCUT2D eigenvalue weighted by atomic mass is 10.1. The molecule has 4 nitrogen and oxygen atoms in total. The molecule has 2 aromatic rings. The molecule has 1 amide bonds. The number of benzene rings is 1. The highest BCUT2D eigenvalue weighted by molar-refractivity contribution is 7.16. The van der Waals surface area contributed by atoms with Crippen molar-refractivity contribution in [3.63, 3.8) is 0 Å². The van der Waals surface area contributed by atoms with Crippen LogP contribution in [0.2, 0.25) is 0 Å². The van der Waals surface area contributed by atoms with Gasteiger partial charge >= 0.3 is 5.97 Å². The number of hydrogen-bond acceptors (Lipinski definition) is 4. The lowest BCUT2D eigenvalue weighted by Gasteiger charge is -2.22. The number of carbonyl (C=O) groups is 2. The zero-order valence-corrected chi connectivity index (χ0v) is 15.9. The van der Waals surface area contributed by atoms with Crippen molar-refractivity contribution in [3.05, 3.63) is 53.2 Å². The zero-order chi connectivity index (χ0) is 19.1. The average Bonchev–Trinajstić information content (AvgIpc) is 3.12. The molecule has 138 valence electrons. The molecule has 0 bridgehead atoms. The predicted octanol–water partition coefficient (Wildman–Crippen LogP) is 4.23. The summed E-state index contributed by atoms with van der Waals surface area (Å²) in [4.78, 5) is 27.4. The smallest absolute Gasteiger partial charge is 0.310 e. The van der Waals surface area contributed by atoms with Crippen LogP contribution in [-0.4, -0.2) is 37.0 Å². The number of halogens is 1. The Balaban J connectivity index is 2.02. The number of thiophene rings is 1. The van der Waals surface area contributed by atoms with Crippen LogP contribution in [0.15, 0.2) is 42.5 Å². The molecule has 6 heteroatoms. The van der Waals surface area contributed by atoms with Gasteiger partial charge in [-0.05, 0) is 42.8 Å². The van der Waals surface area contributed by atoms with Crippen LogP contribution in [0.1, 0.15) is 18.7 Å². The fourth-order valence-corrected chi connectivity index (χ4v) is 3.37. The summed E-state index contributed by atoms with van der Waals surface area (Å²) in [6.45, 7) is 4.43. The van der Waals surface area contributed by atoms with Crippen molar-refractivity contribution in [1.29, 1.82) is 0 Å². The molecule has 0 radical (unpaired) electrons. The molecular formula is C20H22FNO3S. The number of methoxy groups -OCH3 is 1. The van der Waals surface area contributed by atoms with Crippen molar-refractivity contribution in [2.45, 2.75) is 13.8 Å². The van der Waals surface area contributed by atoms with Gasteiger partial charge in [0.05, 0.1) is 13.0 Å². The fraction of sp³-hybridized carbons (Fsp3) is 0.300. The van der Waals surface area contributed by atoms with E-state index in [1.165, 1.54) is 36.7 Å². The molecule has 1 aromatic carbocycles. The lowest BCUT2D eigenvalue weighted by Crippen LogP contribution is -2.36. The van der Waals surface area contributed by atoms with Gasteiger partial charge in [0.25, 0.3) is 0 Å². The third-order valence-corrected chi connectivity index (χ3v) is 5.04. The second-order valence-electron chi connectivity index (χ2n) is 5.84. The van der Waals surface area contributed by atoms with E-state index >= 15 is 0 Å². The average molecular weight is 375 g/mol. The van der Waals surface area contributed by atoms with Crippen molar-refractivity contribution in [3.8, 4) is 10.4 Å². The summed E-state index contributed by atoms with van der Waals surface area (Å²) >= 11 is 1.52. The van der Waals surface area contributed by atoms with E-state index in [9.17, 15) is 14.0 Å². The van der Waals surface area contributed by atoms with Crippen molar-refractivity contribution < 1.29 is 18.7 Å². The molecule has 1 aromatic heterocycles. The molecule has 0 N–H and O–H groups in total. The largest absolute Gasteiger partial charge is 0.469 e. The van der Waals surface area contributed by atoms with Crippen molar-refractivity contribution in [2.75, 3.05) is 20.2 Å². The molecule has 0 fully saturated rings. The second-order valence-corrected chi connectivity index (χ2v) is 6.96. The number of rotatable bonds is 7. The van der Waals surface area contributed by atoms with Gasteiger partial charge in [0.1, 0.15) is 5.82 Å². The molecule has 0 saturated carbocycles. The maximum Gasteiger partial charge on any atom is 0.310 e. The van der Waals surface area contributed by atoms with Crippen LogP contribution < -0.4 is 0 Å². The van der Waals surface area contributed by atoms with Gasteiger partial charge in [0, 0.05) is 28.9 Å². The van der Waals surface area contributed by atoms with Gasteiger partial charge in [0.15, 0.2) is 0 Å². The van der Waals surface area contributed by atoms with E-state index in [0.717, 1.165) is 15.3 Å². The summed E-state index contributed by atoms with van der Waals surface area (Å²) in [6.07, 6.45) is 3.26. The minimum Gasteiger partial charge on any atom is -0.469 e. The number of nitrogens with zero attached hydrogens (tertiary/aromatic N) is 1. The van der Waals surface area contributed by atoms with E-state index in [2.05, 4.69) is 0 Å². The fourth-order valence-electron chi connectivity index (χ4n) is 2.45. The molecule has 2 rings (SSSR count). The highest BCUT2D eigenvalue weighted by Crippen LogP contribution is 2.29. The van der Waals surface area contributed by atoms with E-state index in [1.807, 2.05) is 19.1 Å². The standard InChI is InChI=1S/C20H22FNO3S/c1-4-22(13-14(2)20(24)25-3)19(23)12-10-17-9-11-18(26-17)15-5-7-16(21)8-6-15/h5-12,14H,4,13H2,1-3H3/b12-10+. The Kier molecular flexibility index (Phi) is 7.09. The van der Waals surface area contributed by atoms with Gasteiger partial charge in [-0.3, -0.25) is 9.59 Å². The van der Waals surface area contributed by atoms with Crippen molar-refractivity contribution >= 4 is 29.3 Å². The van der Waals surface area contributed by atoms with Crippen LogP contribution in [0.3, 0.4) is 0 Å². The molecule has 0 aliphatic carbocycles. The number of hydrogen-bond donors (Lipinski definition) is 0. The molecule has 0 spiro atoms. The minimum atomic E-state index is -0.371. The first-order valence-corrected chi connectivity index (χ1v) is 9.16. The predicted molar refractivity (Wildman–Crippen MR) is 102 cm³/mol. The first kappa shape index (κ1) is 19.8. The van der Waals surface area contributed by atoms with Crippen LogP contribution in [0.4, 0.5) is 4.39 Å². The molecule has 26 heavy (non-hydrogen) atoms. The quantitative estimate of drug-likeness (QED) is 0.538. The minimum absolute atomic E-state index is 0.153. The summed E-state index contributed by atoms with van der Waals surface area (Å²) in [5, 5.41) is 0. The van der Waals surface area contributed by atoms with Gasteiger partial charge in [-0.2, -0.15) is 0 Å². The van der Waals surface area contributed by atoms with Gasteiger partial charge < -0.3 is 9.64 Å². The molecule has 0 aliphatic rings. The Morgan fingerprint density at radius 3 is 2.54 bits per heavy atom. The number of esters is 1. The van der Waals surface area contributed by atoms with Gasteiger partial charge in [-0.25, -0.2) is 4.39 Å².